The molecule has 0 aliphatic heterocycles. The second kappa shape index (κ2) is 5.18. The van der Waals surface area contributed by atoms with Crippen LogP contribution in [0.3, 0.4) is 0 Å². The first kappa shape index (κ1) is 13.0. The summed E-state index contributed by atoms with van der Waals surface area (Å²) in [6.45, 7) is 1.34. The van der Waals surface area contributed by atoms with Crippen molar-refractivity contribution in [3.05, 3.63) is 45.6 Å². The summed E-state index contributed by atoms with van der Waals surface area (Å²) in [5.74, 6) is 0.686. The second-order valence-corrected chi connectivity index (χ2v) is 5.68. The lowest BCUT2D eigenvalue weighted by Gasteiger charge is -2.15. The van der Waals surface area contributed by atoms with Crippen LogP contribution >= 0.6 is 11.3 Å². The zero-order valence-corrected chi connectivity index (χ0v) is 12.1. The molecule has 0 fully saturated rings. The maximum Gasteiger partial charge on any atom is 0.268 e. The van der Waals surface area contributed by atoms with E-state index in [-0.39, 0.29) is 5.56 Å². The molecule has 20 heavy (non-hydrogen) atoms. The van der Waals surface area contributed by atoms with E-state index in [4.69, 9.17) is 0 Å². The fraction of sp³-hybridized carbons (Fsp3) is 0.308. The van der Waals surface area contributed by atoms with Crippen molar-refractivity contribution in [3.8, 4) is 0 Å². The van der Waals surface area contributed by atoms with Crippen molar-refractivity contribution in [1.82, 2.24) is 24.6 Å². The van der Waals surface area contributed by atoms with Gasteiger partial charge in [0.1, 0.15) is 10.5 Å². The van der Waals surface area contributed by atoms with E-state index in [0.29, 0.717) is 17.1 Å². The van der Waals surface area contributed by atoms with Crippen LogP contribution in [0.2, 0.25) is 0 Å². The lowest BCUT2D eigenvalue weighted by Crippen LogP contribution is -2.22. The number of aromatic nitrogens is 4. The van der Waals surface area contributed by atoms with E-state index in [1.54, 1.807) is 6.20 Å². The highest BCUT2D eigenvalue weighted by atomic mass is 32.1. The van der Waals surface area contributed by atoms with Gasteiger partial charge in [0.25, 0.3) is 5.56 Å². The number of nitrogens with one attached hydrogen (secondary N) is 1. The molecule has 0 bridgehead atoms. The van der Waals surface area contributed by atoms with Crippen LogP contribution in [0.25, 0.3) is 10.2 Å². The molecule has 104 valence electrons. The van der Waals surface area contributed by atoms with Gasteiger partial charge in [-0.15, -0.1) is 11.3 Å². The van der Waals surface area contributed by atoms with Crippen molar-refractivity contribution >= 4 is 21.6 Å². The van der Waals surface area contributed by atoms with Crippen LogP contribution in [-0.4, -0.2) is 31.7 Å². The minimum Gasteiger partial charge on any atom is -0.308 e. The number of rotatable bonds is 4. The van der Waals surface area contributed by atoms with Crippen LogP contribution in [0.5, 0.6) is 0 Å². The van der Waals surface area contributed by atoms with Crippen molar-refractivity contribution in [2.45, 2.75) is 13.1 Å². The summed E-state index contributed by atoms with van der Waals surface area (Å²) in [5, 5.41) is 6.03. The zero-order valence-electron chi connectivity index (χ0n) is 11.3. The van der Waals surface area contributed by atoms with Gasteiger partial charge in [-0.1, -0.05) is 0 Å². The van der Waals surface area contributed by atoms with Gasteiger partial charge in [-0.2, -0.15) is 5.10 Å². The number of aromatic amines is 1. The lowest BCUT2D eigenvalue weighted by atomic mass is 10.3. The van der Waals surface area contributed by atoms with E-state index in [2.05, 4.69) is 20.0 Å². The Labute approximate surface area is 119 Å². The number of H-pyrrole nitrogens is 1. The Morgan fingerprint density at radius 1 is 1.40 bits per heavy atom. The van der Waals surface area contributed by atoms with Crippen LogP contribution in [0.15, 0.2) is 28.5 Å². The van der Waals surface area contributed by atoms with Gasteiger partial charge in [-0.3, -0.25) is 14.4 Å². The van der Waals surface area contributed by atoms with Crippen LogP contribution in [0, 0.1) is 0 Å². The molecule has 3 rings (SSSR count). The predicted octanol–water partition coefficient (Wildman–Crippen LogP) is 1.35. The summed E-state index contributed by atoms with van der Waals surface area (Å²) in [6.07, 6.45) is 1.78. The largest absolute Gasteiger partial charge is 0.308 e. The highest BCUT2D eigenvalue weighted by Gasteiger charge is 2.09. The van der Waals surface area contributed by atoms with E-state index in [9.17, 15) is 4.79 Å². The van der Waals surface area contributed by atoms with Crippen molar-refractivity contribution in [1.29, 1.82) is 0 Å². The van der Waals surface area contributed by atoms with Crippen LogP contribution in [-0.2, 0) is 20.1 Å². The third-order valence-corrected chi connectivity index (χ3v) is 4.04. The normalized spacial score (nSPS) is 11.6. The molecule has 3 aromatic rings. The average molecular weight is 289 g/mol. The lowest BCUT2D eigenvalue weighted by molar-refractivity contribution is 0.302. The highest BCUT2D eigenvalue weighted by molar-refractivity contribution is 7.17. The molecule has 0 atom stereocenters. The fourth-order valence-electron chi connectivity index (χ4n) is 2.14. The zero-order chi connectivity index (χ0) is 14.1. The molecular formula is C13H15N5OS. The molecule has 0 aliphatic rings. The Morgan fingerprint density at radius 2 is 2.25 bits per heavy atom. The Hall–Kier alpha value is -1.99. The molecule has 1 N–H and O–H groups in total. The maximum atomic E-state index is 11.9. The average Bonchev–Trinajstić information content (AvgIpc) is 2.99. The Balaban J connectivity index is 1.78. The summed E-state index contributed by atoms with van der Waals surface area (Å²) in [6, 6.07) is 3.86. The van der Waals surface area contributed by atoms with Crippen molar-refractivity contribution < 1.29 is 0 Å². The number of nitrogens with zero attached hydrogens (tertiary/aromatic N) is 4. The van der Waals surface area contributed by atoms with E-state index >= 15 is 0 Å². The molecule has 0 unspecified atom stereocenters. The van der Waals surface area contributed by atoms with Crippen molar-refractivity contribution in [2.75, 3.05) is 7.05 Å². The Bertz CT molecular complexity index is 787. The summed E-state index contributed by atoms with van der Waals surface area (Å²) in [4.78, 5) is 21.3. The smallest absolute Gasteiger partial charge is 0.268 e. The Morgan fingerprint density at radius 3 is 3.00 bits per heavy atom. The number of hydrogen-bond acceptors (Lipinski definition) is 5. The molecule has 0 aliphatic carbocycles. The quantitative estimate of drug-likeness (QED) is 0.787. The summed E-state index contributed by atoms with van der Waals surface area (Å²) >= 11 is 1.42. The SMILES string of the molecule is CN(Cc1nc2ccsc2c(=O)[nH]1)Cc1ccnn1C. The predicted molar refractivity (Wildman–Crippen MR) is 78.6 cm³/mol. The molecule has 0 radical (unpaired) electrons. The molecular weight excluding hydrogens is 274 g/mol. The minimum absolute atomic E-state index is 0.0612. The molecule has 0 spiro atoms. The third-order valence-electron chi connectivity index (χ3n) is 3.14. The van der Waals surface area contributed by atoms with E-state index < -0.39 is 0 Å². The Kier molecular flexibility index (Phi) is 3.37. The molecule has 3 heterocycles. The maximum absolute atomic E-state index is 11.9. The first-order valence-corrected chi connectivity index (χ1v) is 7.13. The second-order valence-electron chi connectivity index (χ2n) is 4.77. The fourth-order valence-corrected chi connectivity index (χ4v) is 2.87. The van der Waals surface area contributed by atoms with Crippen molar-refractivity contribution in [2.24, 2.45) is 7.05 Å². The molecule has 3 aromatic heterocycles. The standard InChI is InChI=1S/C13H15N5OS/c1-17(7-9-3-5-14-18(9)2)8-11-15-10-4-6-20-12(10)13(19)16-11/h3-6H,7-8H2,1-2H3,(H,15,16,19). The summed E-state index contributed by atoms with van der Waals surface area (Å²) < 4.78 is 2.53. The van der Waals surface area contributed by atoms with E-state index in [1.807, 2.05) is 36.3 Å². The number of fused-ring (bicyclic) bond motifs is 1. The molecule has 0 amide bonds. The van der Waals surface area contributed by atoms with Gasteiger partial charge in [-0.05, 0) is 24.6 Å². The molecule has 7 heteroatoms. The number of hydrogen-bond donors (Lipinski definition) is 1. The van der Waals surface area contributed by atoms with Crippen LogP contribution in [0.1, 0.15) is 11.5 Å². The molecule has 0 saturated carbocycles. The summed E-state index contributed by atoms with van der Waals surface area (Å²) in [5.41, 5.74) is 1.82. The van der Waals surface area contributed by atoms with Gasteiger partial charge in [0.05, 0.1) is 17.8 Å². The molecule has 0 aromatic carbocycles. The summed E-state index contributed by atoms with van der Waals surface area (Å²) in [7, 11) is 3.91. The van der Waals surface area contributed by atoms with Gasteiger partial charge < -0.3 is 4.98 Å². The highest BCUT2D eigenvalue weighted by Crippen LogP contribution is 2.14. The van der Waals surface area contributed by atoms with Gasteiger partial charge in [0, 0.05) is 19.8 Å². The molecule has 0 saturated heterocycles. The first-order valence-electron chi connectivity index (χ1n) is 6.25. The topological polar surface area (TPSA) is 66.8 Å². The van der Waals surface area contributed by atoms with Gasteiger partial charge in [0.15, 0.2) is 0 Å². The monoisotopic (exact) mass is 289 g/mol. The number of aryl methyl sites for hydroxylation is 1. The minimum atomic E-state index is -0.0612. The first-order chi connectivity index (χ1) is 9.63. The molecule has 6 nitrogen and oxygen atoms in total. The number of thiophene rings is 1. The van der Waals surface area contributed by atoms with E-state index in [0.717, 1.165) is 17.8 Å². The van der Waals surface area contributed by atoms with Crippen LogP contribution < -0.4 is 5.56 Å². The van der Waals surface area contributed by atoms with Gasteiger partial charge in [0.2, 0.25) is 0 Å². The van der Waals surface area contributed by atoms with Gasteiger partial charge in [-0.25, -0.2) is 4.98 Å². The van der Waals surface area contributed by atoms with Crippen LogP contribution in [0.4, 0.5) is 0 Å². The van der Waals surface area contributed by atoms with Crippen molar-refractivity contribution in [3.63, 3.8) is 0 Å². The van der Waals surface area contributed by atoms with Gasteiger partial charge >= 0.3 is 0 Å². The third kappa shape index (κ3) is 2.50. The van der Waals surface area contributed by atoms with E-state index in [1.165, 1.54) is 11.3 Å².